The summed E-state index contributed by atoms with van der Waals surface area (Å²) in [6, 6.07) is 12.3. The van der Waals surface area contributed by atoms with Crippen molar-refractivity contribution in [2.24, 2.45) is 0 Å². The van der Waals surface area contributed by atoms with Gasteiger partial charge in [-0.2, -0.15) is 0 Å². The van der Waals surface area contributed by atoms with Gasteiger partial charge < -0.3 is 4.98 Å². The third-order valence-corrected chi connectivity index (χ3v) is 3.15. The standard InChI is InChI=1S/C14H9N3/c1-2-5-10-9(4-1)13-12(17-10)8-16-11-6-3-7-15-14(11)13/h1-8,17H/p+1. The van der Waals surface area contributed by atoms with E-state index in [9.17, 15) is 0 Å². The second kappa shape index (κ2) is 3.04. The molecule has 3 heterocycles. The van der Waals surface area contributed by atoms with Crippen LogP contribution >= 0.6 is 0 Å². The Morgan fingerprint density at radius 1 is 1.00 bits per heavy atom. The maximum absolute atomic E-state index is 4.44. The molecule has 0 aliphatic carbocycles. The van der Waals surface area contributed by atoms with Gasteiger partial charge in [0.1, 0.15) is 5.52 Å². The van der Waals surface area contributed by atoms with E-state index in [0.717, 1.165) is 22.1 Å². The Bertz CT molecular complexity index is 840. The molecule has 1 aromatic carbocycles. The third kappa shape index (κ3) is 1.11. The van der Waals surface area contributed by atoms with Gasteiger partial charge in [-0.15, -0.1) is 0 Å². The number of rotatable bonds is 0. The van der Waals surface area contributed by atoms with Crippen LogP contribution in [0.3, 0.4) is 0 Å². The van der Waals surface area contributed by atoms with Crippen molar-refractivity contribution >= 4 is 32.8 Å². The summed E-state index contributed by atoms with van der Waals surface area (Å²) in [5.41, 5.74) is 4.29. The van der Waals surface area contributed by atoms with E-state index in [2.05, 4.69) is 33.2 Å². The number of aromatic amines is 2. The minimum absolute atomic E-state index is 0.991. The summed E-state index contributed by atoms with van der Waals surface area (Å²) in [7, 11) is 0. The van der Waals surface area contributed by atoms with Gasteiger partial charge >= 0.3 is 0 Å². The summed E-state index contributed by atoms with van der Waals surface area (Å²) >= 11 is 0. The Hall–Kier alpha value is -2.42. The minimum atomic E-state index is 0.991. The number of hydrogen-bond donors (Lipinski definition) is 1. The Labute approximate surface area is 97.1 Å². The van der Waals surface area contributed by atoms with Crippen LogP contribution in [-0.2, 0) is 0 Å². The number of benzene rings is 1. The van der Waals surface area contributed by atoms with E-state index in [-0.39, 0.29) is 0 Å². The number of nitrogens with zero attached hydrogens (tertiary/aromatic N) is 1. The molecule has 0 aliphatic heterocycles. The molecule has 0 bridgehead atoms. The molecule has 0 saturated heterocycles. The summed E-state index contributed by atoms with van der Waals surface area (Å²) in [5, 5.41) is 2.45. The number of aromatic nitrogens is 3. The summed E-state index contributed by atoms with van der Waals surface area (Å²) in [6.45, 7) is 0. The zero-order valence-corrected chi connectivity index (χ0v) is 9.07. The molecule has 3 aromatic heterocycles. The van der Waals surface area contributed by atoms with Gasteiger partial charge in [0, 0.05) is 17.0 Å². The van der Waals surface area contributed by atoms with E-state index >= 15 is 0 Å². The van der Waals surface area contributed by atoms with Crippen LogP contribution in [0.15, 0.2) is 48.8 Å². The van der Waals surface area contributed by atoms with Crippen molar-refractivity contribution in [2.45, 2.75) is 0 Å². The molecule has 3 nitrogen and oxygen atoms in total. The van der Waals surface area contributed by atoms with Crippen LogP contribution in [-0.4, -0.2) is 9.97 Å². The minimum Gasteiger partial charge on any atom is -0.353 e. The fourth-order valence-corrected chi connectivity index (χ4v) is 2.40. The highest BCUT2D eigenvalue weighted by atomic mass is 14.8. The molecule has 17 heavy (non-hydrogen) atoms. The fraction of sp³-hybridized carbons (Fsp3) is 0. The molecule has 4 rings (SSSR count). The molecule has 80 valence electrons. The molecule has 0 atom stereocenters. The molecule has 3 heteroatoms. The van der Waals surface area contributed by atoms with E-state index in [1.54, 1.807) is 0 Å². The summed E-state index contributed by atoms with van der Waals surface area (Å²) < 4.78 is 0. The zero-order valence-electron chi connectivity index (χ0n) is 9.07. The third-order valence-electron chi connectivity index (χ3n) is 3.15. The first-order chi connectivity index (χ1) is 8.43. The fourth-order valence-electron chi connectivity index (χ4n) is 2.40. The van der Waals surface area contributed by atoms with Crippen molar-refractivity contribution in [3.05, 3.63) is 48.8 Å². The highest BCUT2D eigenvalue weighted by Gasteiger charge is 2.12. The first kappa shape index (κ1) is 8.70. The van der Waals surface area contributed by atoms with Crippen molar-refractivity contribution in [1.29, 1.82) is 0 Å². The first-order valence-electron chi connectivity index (χ1n) is 5.59. The van der Waals surface area contributed by atoms with E-state index in [1.165, 1.54) is 10.8 Å². The molecule has 0 fully saturated rings. The largest absolute Gasteiger partial charge is 0.353 e. The predicted octanol–water partition coefficient (Wildman–Crippen LogP) is 2.68. The van der Waals surface area contributed by atoms with Gasteiger partial charge in [-0.05, 0) is 12.1 Å². The van der Waals surface area contributed by atoms with Crippen LogP contribution in [0.1, 0.15) is 0 Å². The summed E-state index contributed by atoms with van der Waals surface area (Å²) in [5.74, 6) is 0. The Morgan fingerprint density at radius 2 is 1.94 bits per heavy atom. The number of H-pyrrole nitrogens is 2. The highest BCUT2D eigenvalue weighted by Crippen LogP contribution is 2.28. The van der Waals surface area contributed by atoms with Gasteiger partial charge in [-0.25, -0.2) is 9.97 Å². The van der Waals surface area contributed by atoms with Gasteiger partial charge in [0.2, 0.25) is 5.52 Å². The Balaban J connectivity index is 2.38. The van der Waals surface area contributed by atoms with E-state index < -0.39 is 0 Å². The number of pyridine rings is 2. The summed E-state index contributed by atoms with van der Waals surface area (Å²) in [6.07, 6.45) is 3.83. The molecule has 0 aliphatic rings. The second-order valence-electron chi connectivity index (χ2n) is 4.15. The average Bonchev–Trinajstić information content (AvgIpc) is 2.77. The van der Waals surface area contributed by atoms with Gasteiger partial charge in [0.15, 0.2) is 6.20 Å². The molecule has 0 radical (unpaired) electrons. The van der Waals surface area contributed by atoms with Gasteiger partial charge in [-0.1, -0.05) is 18.2 Å². The van der Waals surface area contributed by atoms with Crippen molar-refractivity contribution < 1.29 is 4.98 Å². The predicted molar refractivity (Wildman–Crippen MR) is 67.7 cm³/mol. The molecule has 2 N–H and O–H groups in total. The Kier molecular flexibility index (Phi) is 1.56. The molecule has 0 amide bonds. The smallest absolute Gasteiger partial charge is 0.239 e. The van der Waals surface area contributed by atoms with Crippen molar-refractivity contribution in [1.82, 2.24) is 9.97 Å². The van der Waals surface area contributed by atoms with Crippen LogP contribution in [0.25, 0.3) is 32.8 Å². The normalized spacial score (nSPS) is 11.5. The lowest BCUT2D eigenvalue weighted by molar-refractivity contribution is -0.343. The SMILES string of the molecule is c1c[nH+]c2c(c1)ncc1[nH]c3ccccc3c12. The molecule has 0 unspecified atom stereocenters. The van der Waals surface area contributed by atoms with Crippen LogP contribution in [0, 0.1) is 0 Å². The van der Waals surface area contributed by atoms with Crippen LogP contribution < -0.4 is 4.98 Å². The van der Waals surface area contributed by atoms with Crippen LogP contribution in [0.4, 0.5) is 0 Å². The first-order valence-corrected chi connectivity index (χ1v) is 5.59. The molecular formula is C14H10N3+. The maximum Gasteiger partial charge on any atom is 0.239 e. The van der Waals surface area contributed by atoms with Crippen molar-refractivity contribution in [3.8, 4) is 0 Å². The monoisotopic (exact) mass is 220 g/mol. The number of nitrogens with one attached hydrogen (secondary N) is 2. The number of para-hydroxylation sites is 1. The maximum atomic E-state index is 4.44. The lowest BCUT2D eigenvalue weighted by Crippen LogP contribution is -2.02. The Morgan fingerprint density at radius 3 is 2.94 bits per heavy atom. The number of fused-ring (bicyclic) bond motifs is 5. The van der Waals surface area contributed by atoms with Gasteiger partial charge in [0.25, 0.3) is 0 Å². The van der Waals surface area contributed by atoms with E-state index in [1.807, 2.05) is 30.6 Å². The van der Waals surface area contributed by atoms with Crippen LogP contribution in [0.5, 0.6) is 0 Å². The van der Waals surface area contributed by atoms with Crippen LogP contribution in [0.2, 0.25) is 0 Å². The quantitative estimate of drug-likeness (QED) is 0.486. The zero-order chi connectivity index (χ0) is 11.2. The molecular weight excluding hydrogens is 210 g/mol. The van der Waals surface area contributed by atoms with Gasteiger partial charge in [0.05, 0.1) is 17.1 Å². The lowest BCUT2D eigenvalue weighted by Gasteiger charge is -1.92. The average molecular weight is 220 g/mol. The molecule has 4 aromatic rings. The topological polar surface area (TPSA) is 42.8 Å². The molecule has 0 spiro atoms. The van der Waals surface area contributed by atoms with E-state index in [4.69, 9.17) is 0 Å². The van der Waals surface area contributed by atoms with E-state index in [0.29, 0.717) is 0 Å². The van der Waals surface area contributed by atoms with Gasteiger partial charge in [-0.3, -0.25) is 0 Å². The number of hydrogen-bond acceptors (Lipinski definition) is 1. The lowest BCUT2D eigenvalue weighted by atomic mass is 10.1. The summed E-state index contributed by atoms with van der Waals surface area (Å²) in [4.78, 5) is 11.1. The highest BCUT2D eigenvalue weighted by molar-refractivity contribution is 6.16. The second-order valence-corrected chi connectivity index (χ2v) is 4.15. The van der Waals surface area contributed by atoms with Crippen molar-refractivity contribution in [2.75, 3.05) is 0 Å². The molecule has 0 saturated carbocycles. The van der Waals surface area contributed by atoms with Crippen molar-refractivity contribution in [3.63, 3.8) is 0 Å².